The highest BCUT2D eigenvalue weighted by atomic mass is 16.3. The van der Waals surface area contributed by atoms with Gasteiger partial charge in [0, 0.05) is 19.0 Å². The lowest BCUT2D eigenvalue weighted by molar-refractivity contribution is -0.121. The molecule has 1 rings (SSSR count). The van der Waals surface area contributed by atoms with Gasteiger partial charge < -0.3 is 16.2 Å². The fraction of sp³-hybridized carbons (Fsp3) is 0.917. The zero-order chi connectivity index (χ0) is 12.2. The van der Waals surface area contributed by atoms with Gasteiger partial charge in [0.05, 0.1) is 5.60 Å². The topological polar surface area (TPSA) is 75.3 Å². The van der Waals surface area contributed by atoms with E-state index in [0.29, 0.717) is 13.1 Å². The average molecular weight is 228 g/mol. The Morgan fingerprint density at radius 2 is 2.12 bits per heavy atom. The summed E-state index contributed by atoms with van der Waals surface area (Å²) >= 11 is 0. The molecule has 4 nitrogen and oxygen atoms in total. The van der Waals surface area contributed by atoms with Gasteiger partial charge in [-0.05, 0) is 31.6 Å². The minimum Gasteiger partial charge on any atom is -0.389 e. The van der Waals surface area contributed by atoms with Crippen molar-refractivity contribution in [2.45, 2.75) is 45.1 Å². The Morgan fingerprint density at radius 3 is 2.62 bits per heavy atom. The number of nitrogens with two attached hydrogens (primary N) is 1. The van der Waals surface area contributed by atoms with E-state index < -0.39 is 5.60 Å². The second kappa shape index (κ2) is 5.64. The zero-order valence-corrected chi connectivity index (χ0v) is 10.3. The molecule has 0 aromatic heterocycles. The van der Waals surface area contributed by atoms with E-state index in [1.54, 1.807) is 6.92 Å². The molecule has 1 atom stereocenters. The summed E-state index contributed by atoms with van der Waals surface area (Å²) in [5.74, 6) is 0.257. The third-order valence-corrected chi connectivity index (χ3v) is 3.60. The molecule has 1 fully saturated rings. The lowest BCUT2D eigenvalue weighted by atomic mass is 9.79. The van der Waals surface area contributed by atoms with E-state index in [1.165, 1.54) is 0 Å². The van der Waals surface area contributed by atoms with Crippen LogP contribution in [0.2, 0.25) is 0 Å². The maximum atomic E-state index is 10.8. The first-order valence-electron chi connectivity index (χ1n) is 6.15. The van der Waals surface area contributed by atoms with E-state index in [9.17, 15) is 9.90 Å². The first-order valence-corrected chi connectivity index (χ1v) is 6.15. The van der Waals surface area contributed by atoms with E-state index in [4.69, 9.17) is 5.73 Å². The normalized spacial score (nSPS) is 32.3. The van der Waals surface area contributed by atoms with Crippen molar-refractivity contribution in [3.63, 3.8) is 0 Å². The van der Waals surface area contributed by atoms with Crippen molar-refractivity contribution in [1.82, 2.24) is 5.32 Å². The Balaban J connectivity index is 2.24. The summed E-state index contributed by atoms with van der Waals surface area (Å²) in [6.07, 6.45) is 3.88. The van der Waals surface area contributed by atoms with Gasteiger partial charge in [-0.25, -0.2) is 0 Å². The van der Waals surface area contributed by atoms with Crippen LogP contribution in [0.5, 0.6) is 0 Å². The predicted molar refractivity (Wildman–Crippen MR) is 63.8 cm³/mol. The van der Waals surface area contributed by atoms with Crippen LogP contribution in [0.4, 0.5) is 0 Å². The summed E-state index contributed by atoms with van der Waals surface area (Å²) in [5, 5.41) is 13.4. The number of amides is 1. The van der Waals surface area contributed by atoms with Gasteiger partial charge in [-0.1, -0.05) is 13.8 Å². The molecule has 1 unspecified atom stereocenters. The van der Waals surface area contributed by atoms with Gasteiger partial charge in [0.25, 0.3) is 0 Å². The molecule has 1 aliphatic rings. The molecule has 0 bridgehead atoms. The van der Waals surface area contributed by atoms with Crippen molar-refractivity contribution in [3.05, 3.63) is 0 Å². The smallest absolute Gasteiger partial charge is 0.221 e. The minimum absolute atomic E-state index is 0.175. The number of nitrogens with one attached hydrogen (secondary N) is 1. The van der Waals surface area contributed by atoms with Crippen LogP contribution >= 0.6 is 0 Å². The van der Waals surface area contributed by atoms with Gasteiger partial charge in [-0.3, -0.25) is 4.79 Å². The largest absolute Gasteiger partial charge is 0.389 e. The summed E-state index contributed by atoms with van der Waals surface area (Å²) in [5.41, 5.74) is 4.59. The lowest BCUT2D eigenvalue weighted by Crippen LogP contribution is -2.45. The van der Waals surface area contributed by atoms with E-state index >= 15 is 0 Å². The Hall–Kier alpha value is -0.610. The molecule has 0 spiro atoms. The molecule has 4 N–H and O–H groups in total. The van der Waals surface area contributed by atoms with E-state index in [-0.39, 0.29) is 11.8 Å². The van der Waals surface area contributed by atoms with Gasteiger partial charge in [-0.2, -0.15) is 0 Å². The van der Waals surface area contributed by atoms with E-state index in [0.717, 1.165) is 31.6 Å². The van der Waals surface area contributed by atoms with Crippen LogP contribution in [0, 0.1) is 11.8 Å². The van der Waals surface area contributed by atoms with Gasteiger partial charge >= 0.3 is 0 Å². The summed E-state index contributed by atoms with van der Waals surface area (Å²) in [6, 6.07) is 0. The zero-order valence-electron chi connectivity index (χ0n) is 10.3. The summed E-state index contributed by atoms with van der Waals surface area (Å²) in [4.78, 5) is 10.8. The number of hydrogen-bond donors (Lipinski definition) is 3. The van der Waals surface area contributed by atoms with Gasteiger partial charge in [-0.15, -0.1) is 0 Å². The fourth-order valence-corrected chi connectivity index (χ4v) is 2.10. The van der Waals surface area contributed by atoms with Gasteiger partial charge in [0.15, 0.2) is 0 Å². The highest BCUT2D eigenvalue weighted by Gasteiger charge is 2.31. The number of rotatable bonds is 5. The summed E-state index contributed by atoms with van der Waals surface area (Å²) in [7, 11) is 0. The molecule has 0 aliphatic heterocycles. The molecule has 0 saturated heterocycles. The Labute approximate surface area is 97.6 Å². The van der Waals surface area contributed by atoms with Crippen LogP contribution in [0.15, 0.2) is 0 Å². The Bertz CT molecular complexity index is 235. The Kier molecular flexibility index (Phi) is 4.74. The molecular formula is C12H24N2O2. The van der Waals surface area contributed by atoms with Crippen LogP contribution in [0.25, 0.3) is 0 Å². The molecule has 1 saturated carbocycles. The molecule has 4 heteroatoms. The molecular weight excluding hydrogens is 204 g/mol. The van der Waals surface area contributed by atoms with E-state index in [2.05, 4.69) is 12.2 Å². The number of primary amides is 1. The highest BCUT2D eigenvalue weighted by molar-refractivity contribution is 5.76. The van der Waals surface area contributed by atoms with Crippen LogP contribution in [0.1, 0.15) is 39.5 Å². The molecule has 0 aromatic rings. The lowest BCUT2D eigenvalue weighted by Gasteiger charge is -2.35. The van der Waals surface area contributed by atoms with Crippen molar-refractivity contribution in [2.24, 2.45) is 17.6 Å². The molecule has 0 heterocycles. The summed E-state index contributed by atoms with van der Waals surface area (Å²) < 4.78 is 0. The maximum absolute atomic E-state index is 10.8. The monoisotopic (exact) mass is 228 g/mol. The highest BCUT2D eigenvalue weighted by Crippen LogP contribution is 2.31. The van der Waals surface area contributed by atoms with Crippen molar-refractivity contribution < 1.29 is 9.90 Å². The van der Waals surface area contributed by atoms with Crippen LogP contribution < -0.4 is 11.1 Å². The van der Waals surface area contributed by atoms with Crippen LogP contribution in [-0.2, 0) is 4.79 Å². The number of carbonyl (C=O) groups is 1. The van der Waals surface area contributed by atoms with Crippen LogP contribution in [-0.4, -0.2) is 29.7 Å². The number of aliphatic hydroxyl groups is 1. The SMILES string of the molecule is CC1CCC(O)(CNCC(C)C(N)=O)CC1. The second-order valence-corrected chi connectivity index (χ2v) is 5.34. The third-order valence-electron chi connectivity index (χ3n) is 3.60. The molecule has 94 valence electrons. The predicted octanol–water partition coefficient (Wildman–Crippen LogP) is 0.639. The fourth-order valence-electron chi connectivity index (χ4n) is 2.10. The van der Waals surface area contributed by atoms with Crippen LogP contribution in [0.3, 0.4) is 0 Å². The summed E-state index contributed by atoms with van der Waals surface area (Å²) in [6.45, 7) is 5.13. The molecule has 1 amide bonds. The quantitative estimate of drug-likeness (QED) is 0.646. The molecule has 16 heavy (non-hydrogen) atoms. The van der Waals surface area contributed by atoms with Crippen molar-refractivity contribution >= 4 is 5.91 Å². The van der Waals surface area contributed by atoms with Crippen molar-refractivity contribution in [1.29, 1.82) is 0 Å². The first kappa shape index (κ1) is 13.5. The number of hydrogen-bond acceptors (Lipinski definition) is 3. The molecule has 0 radical (unpaired) electrons. The van der Waals surface area contributed by atoms with Crippen molar-refractivity contribution in [3.8, 4) is 0 Å². The average Bonchev–Trinajstić information content (AvgIpc) is 2.23. The molecule has 1 aliphatic carbocycles. The Morgan fingerprint density at radius 1 is 1.56 bits per heavy atom. The second-order valence-electron chi connectivity index (χ2n) is 5.34. The van der Waals surface area contributed by atoms with Gasteiger partial charge in [0.1, 0.15) is 0 Å². The maximum Gasteiger partial charge on any atom is 0.221 e. The standard InChI is InChI=1S/C12H24N2O2/c1-9-3-5-12(16,6-4-9)8-14-7-10(2)11(13)15/h9-10,14,16H,3-8H2,1-2H3,(H2,13,15). The minimum atomic E-state index is -0.579. The van der Waals surface area contributed by atoms with E-state index in [1.807, 2.05) is 0 Å². The number of carbonyl (C=O) groups excluding carboxylic acids is 1. The molecule has 0 aromatic carbocycles. The third kappa shape index (κ3) is 4.10. The first-order chi connectivity index (χ1) is 7.43. The van der Waals surface area contributed by atoms with Crippen molar-refractivity contribution in [2.75, 3.05) is 13.1 Å². The van der Waals surface area contributed by atoms with Gasteiger partial charge in [0.2, 0.25) is 5.91 Å².